The molecule has 1 amide bonds. The summed E-state index contributed by atoms with van der Waals surface area (Å²) < 4.78 is 15.5. The highest BCUT2D eigenvalue weighted by atomic mass is 16.7. The largest absolute Gasteiger partial charge is 0.454 e. The maximum atomic E-state index is 12.7. The average Bonchev–Trinajstić information content (AvgIpc) is 3.26. The summed E-state index contributed by atoms with van der Waals surface area (Å²) in [5.41, 5.74) is 1.44. The summed E-state index contributed by atoms with van der Waals surface area (Å²) in [6.45, 7) is -0.404. The fraction of sp³-hybridized carbons (Fsp3) is 0.0870. The molecular weight excluding hydrogens is 386 g/mol. The van der Waals surface area contributed by atoms with Crippen molar-refractivity contribution in [2.75, 3.05) is 18.7 Å². The molecule has 0 spiro atoms. The van der Waals surface area contributed by atoms with Gasteiger partial charge in [0.15, 0.2) is 23.9 Å². The molecule has 0 bridgehead atoms. The van der Waals surface area contributed by atoms with Crippen LogP contribution in [0.25, 0.3) is 0 Å². The van der Waals surface area contributed by atoms with Gasteiger partial charge in [-0.3, -0.25) is 9.59 Å². The summed E-state index contributed by atoms with van der Waals surface area (Å²) in [6.07, 6.45) is 0. The molecule has 0 saturated heterocycles. The van der Waals surface area contributed by atoms with Gasteiger partial charge in [-0.15, -0.1) is 0 Å². The lowest BCUT2D eigenvalue weighted by molar-refractivity contribution is -0.119. The van der Waals surface area contributed by atoms with Crippen LogP contribution in [0.15, 0.2) is 72.8 Å². The Morgan fingerprint density at radius 1 is 0.833 bits per heavy atom. The Morgan fingerprint density at radius 3 is 2.40 bits per heavy atom. The van der Waals surface area contributed by atoms with Crippen LogP contribution in [-0.2, 0) is 9.53 Å². The number of para-hydroxylation sites is 1. The minimum Gasteiger partial charge on any atom is -0.454 e. The number of fused-ring (bicyclic) bond motifs is 1. The molecule has 1 N–H and O–H groups in total. The quantitative estimate of drug-likeness (QED) is 0.501. The zero-order valence-corrected chi connectivity index (χ0v) is 15.8. The second-order valence-corrected chi connectivity index (χ2v) is 6.43. The number of amides is 1. The van der Waals surface area contributed by atoms with Gasteiger partial charge in [-0.05, 0) is 30.3 Å². The minimum absolute atomic E-state index is 0.0946. The van der Waals surface area contributed by atoms with Gasteiger partial charge >= 0.3 is 5.97 Å². The van der Waals surface area contributed by atoms with Crippen LogP contribution in [0.4, 0.5) is 5.69 Å². The average molecular weight is 403 g/mol. The van der Waals surface area contributed by atoms with E-state index in [9.17, 15) is 14.4 Å². The third-order valence-electron chi connectivity index (χ3n) is 4.42. The highest BCUT2D eigenvalue weighted by Crippen LogP contribution is 2.32. The van der Waals surface area contributed by atoms with Crippen molar-refractivity contribution in [3.8, 4) is 11.5 Å². The number of hydrogen-bond acceptors (Lipinski definition) is 6. The molecule has 3 aromatic carbocycles. The van der Waals surface area contributed by atoms with Crippen molar-refractivity contribution in [3.63, 3.8) is 0 Å². The Kier molecular flexibility index (Phi) is 5.43. The molecule has 0 unspecified atom stereocenters. The number of benzene rings is 3. The fourth-order valence-corrected chi connectivity index (χ4v) is 2.96. The molecule has 7 nitrogen and oxygen atoms in total. The number of hydrogen-bond donors (Lipinski definition) is 1. The van der Waals surface area contributed by atoms with Gasteiger partial charge in [0, 0.05) is 11.1 Å². The van der Waals surface area contributed by atoms with Crippen LogP contribution in [0.2, 0.25) is 0 Å². The van der Waals surface area contributed by atoms with Crippen molar-refractivity contribution >= 4 is 23.3 Å². The lowest BCUT2D eigenvalue weighted by Gasteiger charge is -2.11. The van der Waals surface area contributed by atoms with Gasteiger partial charge in [0.1, 0.15) is 0 Å². The van der Waals surface area contributed by atoms with E-state index in [-0.39, 0.29) is 18.1 Å². The number of ether oxygens (including phenoxy) is 3. The molecule has 0 fully saturated rings. The number of anilines is 1. The molecular formula is C23H17NO6. The number of esters is 1. The molecule has 150 valence electrons. The van der Waals surface area contributed by atoms with Crippen molar-refractivity contribution < 1.29 is 28.6 Å². The highest BCUT2D eigenvalue weighted by Gasteiger charge is 2.19. The van der Waals surface area contributed by atoms with Crippen molar-refractivity contribution in [3.05, 3.63) is 89.5 Å². The van der Waals surface area contributed by atoms with Crippen molar-refractivity contribution in [1.82, 2.24) is 0 Å². The van der Waals surface area contributed by atoms with Crippen LogP contribution in [0.1, 0.15) is 26.3 Å². The molecule has 30 heavy (non-hydrogen) atoms. The number of carbonyl (C=O) groups excluding carboxylic acids is 3. The van der Waals surface area contributed by atoms with E-state index in [0.29, 0.717) is 28.3 Å². The van der Waals surface area contributed by atoms with Crippen LogP contribution >= 0.6 is 0 Å². The molecule has 1 aliphatic rings. The van der Waals surface area contributed by atoms with E-state index in [1.807, 2.05) is 6.07 Å². The van der Waals surface area contributed by atoms with Gasteiger partial charge in [0.2, 0.25) is 6.79 Å². The Balaban J connectivity index is 1.40. The van der Waals surface area contributed by atoms with Crippen molar-refractivity contribution in [2.24, 2.45) is 0 Å². The lowest BCUT2D eigenvalue weighted by atomic mass is 10.0. The molecule has 0 radical (unpaired) electrons. The molecule has 4 rings (SSSR count). The van der Waals surface area contributed by atoms with E-state index in [4.69, 9.17) is 14.2 Å². The van der Waals surface area contributed by atoms with Gasteiger partial charge in [-0.2, -0.15) is 0 Å². The van der Waals surface area contributed by atoms with E-state index in [1.54, 1.807) is 54.6 Å². The van der Waals surface area contributed by atoms with Gasteiger partial charge in [-0.25, -0.2) is 4.79 Å². The monoisotopic (exact) mass is 403 g/mol. The maximum Gasteiger partial charge on any atom is 0.338 e. The molecule has 3 aromatic rings. The number of rotatable bonds is 6. The molecule has 0 aromatic heterocycles. The summed E-state index contributed by atoms with van der Waals surface area (Å²) in [6, 6.07) is 20.1. The standard InChI is InChI=1S/C23H17NO6/c25-21(13-28-23(27)16-10-11-19-20(12-16)30-14-29-19)24-18-9-5-4-8-17(18)22(26)15-6-2-1-3-7-15/h1-12H,13-14H2,(H,24,25). The molecule has 0 atom stereocenters. The van der Waals surface area contributed by atoms with Gasteiger partial charge in [-0.1, -0.05) is 42.5 Å². The van der Waals surface area contributed by atoms with E-state index in [1.165, 1.54) is 12.1 Å². The third kappa shape index (κ3) is 4.15. The molecule has 7 heteroatoms. The van der Waals surface area contributed by atoms with E-state index in [2.05, 4.69) is 5.32 Å². The van der Waals surface area contributed by atoms with Gasteiger partial charge in [0.25, 0.3) is 5.91 Å². The molecule has 1 heterocycles. The van der Waals surface area contributed by atoms with E-state index in [0.717, 1.165) is 0 Å². The normalized spacial score (nSPS) is 11.6. The van der Waals surface area contributed by atoms with Gasteiger partial charge in [0.05, 0.1) is 11.3 Å². The number of nitrogens with one attached hydrogen (secondary N) is 1. The molecule has 1 aliphatic heterocycles. The first-order valence-corrected chi connectivity index (χ1v) is 9.17. The Morgan fingerprint density at radius 2 is 1.57 bits per heavy atom. The predicted molar refractivity (Wildman–Crippen MR) is 108 cm³/mol. The Labute approximate surface area is 172 Å². The van der Waals surface area contributed by atoms with Crippen molar-refractivity contribution in [1.29, 1.82) is 0 Å². The van der Waals surface area contributed by atoms with Gasteiger partial charge < -0.3 is 19.5 Å². The Bertz CT molecular complexity index is 1110. The maximum absolute atomic E-state index is 12.7. The van der Waals surface area contributed by atoms with Crippen LogP contribution in [-0.4, -0.2) is 31.1 Å². The zero-order valence-electron chi connectivity index (χ0n) is 15.8. The lowest BCUT2D eigenvalue weighted by Crippen LogP contribution is -2.22. The van der Waals surface area contributed by atoms with Crippen LogP contribution in [0.5, 0.6) is 11.5 Å². The summed E-state index contributed by atoms with van der Waals surface area (Å²) in [5.74, 6) is -0.454. The SMILES string of the molecule is O=C(COC(=O)c1ccc2c(c1)OCO2)Nc1ccccc1C(=O)c1ccccc1. The first-order chi connectivity index (χ1) is 14.6. The second kappa shape index (κ2) is 8.48. The molecule has 0 saturated carbocycles. The smallest absolute Gasteiger partial charge is 0.338 e. The topological polar surface area (TPSA) is 90.9 Å². The van der Waals surface area contributed by atoms with E-state index >= 15 is 0 Å². The van der Waals surface area contributed by atoms with Crippen LogP contribution in [0, 0.1) is 0 Å². The fourth-order valence-electron chi connectivity index (χ4n) is 2.96. The predicted octanol–water partition coefficient (Wildman–Crippen LogP) is 3.44. The summed E-state index contributed by atoms with van der Waals surface area (Å²) in [7, 11) is 0. The zero-order chi connectivity index (χ0) is 20.9. The van der Waals surface area contributed by atoms with E-state index < -0.39 is 18.5 Å². The molecule has 0 aliphatic carbocycles. The Hall–Kier alpha value is -4.13. The first kappa shape index (κ1) is 19.2. The minimum atomic E-state index is -0.669. The van der Waals surface area contributed by atoms with Crippen molar-refractivity contribution in [2.45, 2.75) is 0 Å². The number of carbonyl (C=O) groups is 3. The highest BCUT2D eigenvalue weighted by molar-refractivity contribution is 6.14. The second-order valence-electron chi connectivity index (χ2n) is 6.43. The number of ketones is 1. The first-order valence-electron chi connectivity index (χ1n) is 9.17. The summed E-state index contributed by atoms with van der Waals surface area (Å²) in [4.78, 5) is 37.2. The summed E-state index contributed by atoms with van der Waals surface area (Å²) >= 11 is 0. The van der Waals surface area contributed by atoms with Crippen LogP contribution in [0.3, 0.4) is 0 Å². The summed E-state index contributed by atoms with van der Waals surface area (Å²) in [5, 5.41) is 2.63. The third-order valence-corrected chi connectivity index (χ3v) is 4.42. The van der Waals surface area contributed by atoms with Crippen LogP contribution < -0.4 is 14.8 Å².